The Morgan fingerprint density at radius 2 is 1.47 bits per heavy atom. The lowest BCUT2D eigenvalue weighted by molar-refractivity contribution is -0.668. The topological polar surface area (TPSA) is 314 Å². The van der Waals surface area contributed by atoms with Gasteiger partial charge >= 0.3 is 23.8 Å². The standard InChI is InChI=1S/C25H23B4FN4O15/c26-19(27,32-13-3-1-2-10-15(13)21(29,40)33(16(10)36)18(38)7-6-14(35)31-17(18)37)11-5-4-9(8-12(11)30)20(28,39)34-22(41,42)24(45,46)49-25(47,48)23(34,43)44/h1-5,8,32,38-48H,6-7H2,(H,31,35,37). The quantitative estimate of drug-likeness (QED) is 0.0765. The van der Waals surface area contributed by atoms with Crippen molar-refractivity contribution in [3.63, 3.8) is 0 Å². The Bertz CT molecular complexity index is 1750. The average molecular weight is 682 g/mol. The lowest BCUT2D eigenvalue weighted by atomic mass is 9.57. The summed E-state index contributed by atoms with van der Waals surface area (Å²) >= 11 is 0. The van der Waals surface area contributed by atoms with Crippen LogP contribution in [-0.4, -0.2) is 145 Å². The van der Waals surface area contributed by atoms with E-state index in [1.807, 2.05) is 5.32 Å². The lowest BCUT2D eigenvalue weighted by Crippen LogP contribution is -2.87. The fourth-order valence-electron chi connectivity index (χ4n) is 5.79. The summed E-state index contributed by atoms with van der Waals surface area (Å²) in [6.45, 7) is 0. The summed E-state index contributed by atoms with van der Waals surface area (Å²) in [4.78, 5) is 36.7. The Kier molecular flexibility index (Phi) is 8.08. The summed E-state index contributed by atoms with van der Waals surface area (Å²) in [6, 6.07) is 5.03. The molecule has 3 unspecified atom stereocenters. The molecule has 0 saturated carbocycles. The minimum atomic E-state index is -4.59. The van der Waals surface area contributed by atoms with Crippen molar-refractivity contribution >= 4 is 54.8 Å². The number of halogens is 1. The van der Waals surface area contributed by atoms with Gasteiger partial charge < -0.3 is 61.5 Å². The van der Waals surface area contributed by atoms with Gasteiger partial charge in [-0.3, -0.25) is 29.3 Å². The molecule has 0 aromatic heterocycles. The molecule has 8 radical (unpaired) electrons. The number of imide groups is 1. The number of rotatable bonds is 6. The van der Waals surface area contributed by atoms with Crippen LogP contribution in [-0.2, 0) is 30.9 Å². The van der Waals surface area contributed by atoms with Crippen LogP contribution in [0.15, 0.2) is 36.4 Å². The maximum Gasteiger partial charge on any atom is 0.356 e. The fourth-order valence-corrected chi connectivity index (χ4v) is 5.79. The molecule has 49 heavy (non-hydrogen) atoms. The van der Waals surface area contributed by atoms with Crippen LogP contribution < -0.4 is 10.6 Å². The SMILES string of the molecule is [B]C([B])(Nc1cccc2c1C([B])(O)N(C1(O)CCC(=O)NC1=O)C2=O)c1ccc(C([B])(O)N2C(O)(O)C(O)(O)OC(O)(O)C2(O)O)cc1F. The summed E-state index contributed by atoms with van der Waals surface area (Å²) < 4.78 is 19.4. The van der Waals surface area contributed by atoms with E-state index in [1.54, 1.807) is 0 Å². The van der Waals surface area contributed by atoms with E-state index < -0.39 is 104 Å². The predicted octanol–water partition coefficient (Wildman–Crippen LogP) is -7.61. The first-order valence-electron chi connectivity index (χ1n) is 13.6. The Balaban J connectivity index is 1.51. The second-order valence-corrected chi connectivity index (χ2v) is 11.6. The van der Waals surface area contributed by atoms with E-state index in [2.05, 4.69) is 10.1 Å². The number of hydrogen-bond donors (Lipinski definition) is 13. The molecule has 13 N–H and O–H groups in total. The number of carbonyl (C=O) groups is 3. The number of carbonyl (C=O) groups excluding carboxylic acids is 3. The summed E-state index contributed by atoms with van der Waals surface area (Å²) in [5, 5.41) is 115. The number of piperidine rings is 1. The molecule has 3 amide bonds. The van der Waals surface area contributed by atoms with Crippen molar-refractivity contribution in [2.45, 2.75) is 58.9 Å². The fraction of sp³-hybridized carbons (Fsp3) is 0.400. The summed E-state index contributed by atoms with van der Waals surface area (Å²) in [6.07, 6.45) is -1.09. The molecule has 252 valence electrons. The molecule has 3 atom stereocenters. The monoisotopic (exact) mass is 682 g/mol. The Labute approximate surface area is 278 Å². The maximum absolute atomic E-state index is 15.7. The summed E-state index contributed by atoms with van der Waals surface area (Å²) in [5.41, 5.74) is -12.8. The van der Waals surface area contributed by atoms with E-state index in [0.717, 1.165) is 12.1 Å². The van der Waals surface area contributed by atoms with Crippen LogP contribution in [0.4, 0.5) is 10.1 Å². The first kappa shape index (κ1) is 36.8. The van der Waals surface area contributed by atoms with E-state index in [-0.39, 0.29) is 22.2 Å². The highest BCUT2D eigenvalue weighted by atomic mass is 19.1. The highest BCUT2D eigenvalue weighted by Crippen LogP contribution is 2.48. The number of amides is 3. The molecule has 0 aliphatic carbocycles. The highest BCUT2D eigenvalue weighted by Gasteiger charge is 2.77. The smallest absolute Gasteiger partial charge is 0.356 e. The number of hydrogen-bond acceptors (Lipinski definition) is 17. The van der Waals surface area contributed by atoms with Gasteiger partial charge in [-0.25, -0.2) is 4.39 Å². The van der Waals surface area contributed by atoms with Crippen molar-refractivity contribution in [1.82, 2.24) is 15.1 Å². The van der Waals surface area contributed by atoms with Crippen molar-refractivity contribution in [3.05, 3.63) is 64.5 Å². The van der Waals surface area contributed by atoms with Crippen LogP contribution in [0, 0.1) is 5.82 Å². The van der Waals surface area contributed by atoms with Gasteiger partial charge in [0, 0.05) is 29.7 Å². The highest BCUT2D eigenvalue weighted by molar-refractivity contribution is 6.41. The van der Waals surface area contributed by atoms with Crippen LogP contribution in [0.25, 0.3) is 0 Å². The second-order valence-electron chi connectivity index (χ2n) is 11.6. The van der Waals surface area contributed by atoms with Gasteiger partial charge in [0.25, 0.3) is 11.8 Å². The van der Waals surface area contributed by atoms with Crippen molar-refractivity contribution in [2.24, 2.45) is 0 Å². The molecule has 2 aromatic carbocycles. The maximum atomic E-state index is 15.7. The summed E-state index contributed by atoms with van der Waals surface area (Å²) in [7, 11) is 24.0. The predicted molar refractivity (Wildman–Crippen MR) is 154 cm³/mol. The average Bonchev–Trinajstić information content (AvgIpc) is 3.14. The van der Waals surface area contributed by atoms with Crippen molar-refractivity contribution < 1.29 is 79.7 Å². The first-order valence-corrected chi connectivity index (χ1v) is 13.6. The van der Waals surface area contributed by atoms with Crippen LogP contribution in [0.3, 0.4) is 0 Å². The normalized spacial score (nSPS) is 28.8. The number of nitrogens with one attached hydrogen (secondary N) is 2. The van der Waals surface area contributed by atoms with Crippen molar-refractivity contribution in [3.8, 4) is 0 Å². The Morgan fingerprint density at radius 1 is 0.898 bits per heavy atom. The molecular weight excluding hydrogens is 659 g/mol. The number of fused-ring (bicyclic) bond motifs is 1. The van der Waals surface area contributed by atoms with Gasteiger partial charge in [-0.05, 0) is 34.7 Å². The zero-order valence-electron chi connectivity index (χ0n) is 24.5. The molecule has 3 aliphatic heterocycles. The van der Waals surface area contributed by atoms with Crippen molar-refractivity contribution in [2.75, 3.05) is 5.32 Å². The molecular formula is C25H23B4FN4O15. The molecule has 5 rings (SSSR count). The molecule has 0 spiro atoms. The molecule has 3 heterocycles. The van der Waals surface area contributed by atoms with E-state index >= 15 is 4.39 Å². The molecule has 2 fully saturated rings. The van der Waals surface area contributed by atoms with Crippen LogP contribution in [0.1, 0.15) is 39.9 Å². The largest absolute Gasteiger partial charge is 0.392 e. The number of anilines is 1. The molecule has 2 aromatic rings. The second kappa shape index (κ2) is 10.8. The van der Waals surface area contributed by atoms with Gasteiger partial charge in [0.1, 0.15) is 24.9 Å². The van der Waals surface area contributed by atoms with E-state index in [0.29, 0.717) is 12.1 Å². The van der Waals surface area contributed by atoms with Crippen molar-refractivity contribution in [1.29, 1.82) is 0 Å². The van der Waals surface area contributed by atoms with Crippen LogP contribution >= 0.6 is 0 Å². The van der Waals surface area contributed by atoms with Gasteiger partial charge in [0.15, 0.2) is 7.85 Å². The molecule has 19 nitrogen and oxygen atoms in total. The molecule has 0 bridgehead atoms. The van der Waals surface area contributed by atoms with Crippen LogP contribution in [0.5, 0.6) is 0 Å². The number of nitrogens with zero attached hydrogens (tertiary/aromatic N) is 2. The van der Waals surface area contributed by atoms with Gasteiger partial charge in [0.2, 0.25) is 11.6 Å². The minimum Gasteiger partial charge on any atom is -0.392 e. The number of benzene rings is 2. The van der Waals surface area contributed by atoms with Crippen LogP contribution in [0.2, 0.25) is 0 Å². The number of morpholine rings is 1. The Hall–Kier alpha value is -3.48. The lowest BCUT2D eigenvalue weighted by Gasteiger charge is -2.59. The molecule has 3 aliphatic rings. The molecule has 2 saturated heterocycles. The van der Waals surface area contributed by atoms with E-state index in [1.165, 1.54) is 6.07 Å². The zero-order chi connectivity index (χ0) is 37.1. The minimum absolute atomic E-state index is 0.223. The first-order chi connectivity index (χ1) is 22.1. The van der Waals surface area contributed by atoms with Gasteiger partial charge in [-0.2, -0.15) is 4.90 Å². The Morgan fingerprint density at radius 3 is 2.00 bits per heavy atom. The third-order valence-corrected chi connectivity index (χ3v) is 8.20. The number of aliphatic hydroxyl groups is 11. The van der Waals surface area contributed by atoms with Gasteiger partial charge in [0.05, 0.1) is 15.7 Å². The van der Waals surface area contributed by atoms with Gasteiger partial charge in [-0.1, -0.05) is 18.2 Å². The molecule has 24 heteroatoms. The van der Waals surface area contributed by atoms with E-state index in [4.69, 9.17) is 31.4 Å². The van der Waals surface area contributed by atoms with E-state index in [9.17, 15) is 70.6 Å². The number of ether oxygens (including phenoxy) is 1. The van der Waals surface area contributed by atoms with Gasteiger partial charge in [-0.15, -0.1) is 0 Å². The third-order valence-electron chi connectivity index (χ3n) is 8.20. The summed E-state index contributed by atoms with van der Waals surface area (Å²) in [5.74, 6) is -23.0. The zero-order valence-corrected chi connectivity index (χ0v) is 24.5. The third kappa shape index (κ3) is 5.19.